The van der Waals surface area contributed by atoms with Crippen LogP contribution in [0.2, 0.25) is 19.6 Å². The first-order valence-corrected chi connectivity index (χ1v) is 13.8. The van der Waals surface area contributed by atoms with Crippen LogP contribution in [0.3, 0.4) is 0 Å². The number of rotatable bonds is 9. The van der Waals surface area contributed by atoms with E-state index in [1.807, 2.05) is 0 Å². The third-order valence-corrected chi connectivity index (χ3v) is 5.49. The Balaban J connectivity index is 2.26. The van der Waals surface area contributed by atoms with Gasteiger partial charge in [-0.15, -0.1) is 5.54 Å². The molecule has 144 valence electrons. The summed E-state index contributed by atoms with van der Waals surface area (Å²) in [6.45, 7) is 11.2. The number of benzene rings is 2. The summed E-state index contributed by atoms with van der Waals surface area (Å²) in [5.74, 6) is 3.70. The molecule has 2 aromatic carbocycles. The quantitative estimate of drug-likeness (QED) is 0.273. The molecule has 0 heterocycles. The molecule has 1 nitrogen and oxygen atoms in total. The smallest absolute Gasteiger partial charge is 0.129 e. The van der Waals surface area contributed by atoms with Crippen molar-refractivity contribution >= 4 is 8.07 Å². The Hall–Kier alpha value is -1.82. The second-order valence-electron chi connectivity index (χ2n) is 8.41. The number of hydrogen-bond acceptors (Lipinski definition) is 1. The Kier molecular flexibility index (Phi) is 8.84. The Morgan fingerprint density at radius 1 is 0.815 bits per heavy atom. The lowest BCUT2D eigenvalue weighted by atomic mass is 10.0. The van der Waals surface area contributed by atoms with Crippen molar-refractivity contribution in [1.82, 2.24) is 4.90 Å². The summed E-state index contributed by atoms with van der Waals surface area (Å²) >= 11 is 0. The van der Waals surface area contributed by atoms with E-state index in [-0.39, 0.29) is 0 Å². The van der Waals surface area contributed by atoms with Gasteiger partial charge in [-0.1, -0.05) is 112 Å². The summed E-state index contributed by atoms with van der Waals surface area (Å²) in [4.78, 5) is 2.58. The average Bonchev–Trinajstić information content (AvgIpc) is 2.65. The zero-order chi connectivity index (χ0) is 19.5. The molecule has 27 heavy (non-hydrogen) atoms. The molecule has 2 heteroatoms. The molecule has 2 rings (SSSR count). The molecule has 0 aliphatic carbocycles. The third-order valence-electron chi connectivity index (χ3n) is 4.59. The summed E-state index contributed by atoms with van der Waals surface area (Å²) in [7, 11) is -1.39. The van der Waals surface area contributed by atoms with Gasteiger partial charge < -0.3 is 0 Å². The van der Waals surface area contributed by atoms with E-state index in [0.717, 1.165) is 19.5 Å². The molecule has 0 N–H and O–H groups in total. The molecule has 0 unspecified atom stereocenters. The van der Waals surface area contributed by atoms with Crippen molar-refractivity contribution in [2.24, 2.45) is 0 Å². The zero-order valence-corrected chi connectivity index (χ0v) is 18.5. The minimum absolute atomic E-state index is 0.323. The summed E-state index contributed by atoms with van der Waals surface area (Å²) in [6.07, 6.45) is 4.95. The summed E-state index contributed by atoms with van der Waals surface area (Å²) < 4.78 is 0. The molecule has 0 saturated heterocycles. The molecule has 0 bridgehead atoms. The Morgan fingerprint density at radius 2 is 1.33 bits per heavy atom. The van der Waals surface area contributed by atoms with Crippen LogP contribution in [0.5, 0.6) is 0 Å². The largest absolute Gasteiger partial charge is 0.281 e. The molecular weight excluding hydrogens is 342 g/mol. The molecule has 0 amide bonds. The van der Waals surface area contributed by atoms with Crippen LogP contribution in [0.4, 0.5) is 0 Å². The predicted octanol–water partition coefficient (Wildman–Crippen LogP) is 6.52. The van der Waals surface area contributed by atoms with Gasteiger partial charge in [-0.3, -0.25) is 4.90 Å². The predicted molar refractivity (Wildman–Crippen MR) is 121 cm³/mol. The summed E-state index contributed by atoms with van der Waals surface area (Å²) in [6, 6.07) is 22.0. The highest BCUT2D eigenvalue weighted by Gasteiger charge is 2.18. The van der Waals surface area contributed by atoms with Gasteiger partial charge in [0.1, 0.15) is 8.07 Å². The van der Waals surface area contributed by atoms with E-state index in [4.69, 9.17) is 0 Å². The van der Waals surface area contributed by atoms with Crippen LogP contribution in [0.1, 0.15) is 43.7 Å². The van der Waals surface area contributed by atoms with E-state index in [1.165, 1.54) is 30.4 Å². The van der Waals surface area contributed by atoms with Crippen LogP contribution < -0.4 is 0 Å². The van der Waals surface area contributed by atoms with Gasteiger partial charge in [0.15, 0.2) is 0 Å². The Bertz CT molecular complexity index is 665. The first kappa shape index (κ1) is 21.5. The monoisotopic (exact) mass is 377 g/mol. The topological polar surface area (TPSA) is 3.24 Å². The van der Waals surface area contributed by atoms with Crippen LogP contribution in [-0.2, 0) is 13.1 Å². The van der Waals surface area contributed by atoms with Gasteiger partial charge in [-0.25, -0.2) is 0 Å². The standard InChI is InChI=1S/C25H35NSi/c1-5-6-9-18-25(19-20-27(2,3)4)26(21-23-14-10-7-11-15-23)22-24-16-12-8-13-17-24/h7-8,10-17,25H,5-6,9,18,21-22H2,1-4H3/t25-/m1/s1. The van der Waals surface area contributed by atoms with Crippen LogP contribution in [-0.4, -0.2) is 19.0 Å². The van der Waals surface area contributed by atoms with Crippen molar-refractivity contribution in [3.05, 3.63) is 71.8 Å². The van der Waals surface area contributed by atoms with E-state index >= 15 is 0 Å². The molecule has 2 aromatic rings. The van der Waals surface area contributed by atoms with Gasteiger partial charge in [0, 0.05) is 13.1 Å². The van der Waals surface area contributed by atoms with Crippen LogP contribution in [0.15, 0.2) is 60.7 Å². The van der Waals surface area contributed by atoms with Crippen molar-refractivity contribution < 1.29 is 0 Å². The first-order chi connectivity index (χ1) is 13.0. The van der Waals surface area contributed by atoms with Gasteiger partial charge in [-0.05, 0) is 17.5 Å². The molecular formula is C25H35NSi. The van der Waals surface area contributed by atoms with E-state index in [9.17, 15) is 0 Å². The van der Waals surface area contributed by atoms with E-state index in [0.29, 0.717) is 6.04 Å². The molecule has 0 saturated carbocycles. The Morgan fingerprint density at radius 3 is 1.78 bits per heavy atom. The Labute approximate surface area is 167 Å². The lowest BCUT2D eigenvalue weighted by Crippen LogP contribution is -2.34. The van der Waals surface area contributed by atoms with E-state index in [2.05, 4.69) is 104 Å². The van der Waals surface area contributed by atoms with Crippen molar-refractivity contribution in [2.45, 2.75) is 71.4 Å². The first-order valence-electron chi connectivity index (χ1n) is 10.3. The maximum absolute atomic E-state index is 3.70. The second kappa shape index (κ2) is 11.1. The maximum atomic E-state index is 3.70. The fourth-order valence-electron chi connectivity index (χ4n) is 3.15. The molecule has 1 atom stereocenters. The minimum atomic E-state index is -1.39. The highest BCUT2D eigenvalue weighted by molar-refractivity contribution is 6.83. The molecule has 0 radical (unpaired) electrons. The molecule has 0 spiro atoms. The molecule has 0 fully saturated rings. The van der Waals surface area contributed by atoms with Crippen molar-refractivity contribution in [2.75, 3.05) is 0 Å². The maximum Gasteiger partial charge on any atom is 0.129 e. The fourth-order valence-corrected chi connectivity index (χ4v) is 3.75. The van der Waals surface area contributed by atoms with Gasteiger partial charge >= 0.3 is 0 Å². The van der Waals surface area contributed by atoms with E-state index in [1.54, 1.807) is 0 Å². The number of nitrogens with zero attached hydrogens (tertiary/aromatic N) is 1. The van der Waals surface area contributed by atoms with Crippen molar-refractivity contribution in [3.63, 3.8) is 0 Å². The van der Waals surface area contributed by atoms with E-state index < -0.39 is 8.07 Å². The van der Waals surface area contributed by atoms with Crippen LogP contribution in [0.25, 0.3) is 0 Å². The molecule has 0 aliphatic heterocycles. The minimum Gasteiger partial charge on any atom is -0.281 e. The second-order valence-corrected chi connectivity index (χ2v) is 13.2. The lowest BCUT2D eigenvalue weighted by molar-refractivity contribution is 0.205. The van der Waals surface area contributed by atoms with Gasteiger partial charge in [0.05, 0.1) is 6.04 Å². The number of hydrogen-bond donors (Lipinski definition) is 0. The van der Waals surface area contributed by atoms with Gasteiger partial charge in [0.2, 0.25) is 0 Å². The SMILES string of the molecule is CCCCC[C@H](C#C[Si](C)(C)C)N(Cc1ccccc1)Cc1ccccc1. The lowest BCUT2D eigenvalue weighted by Gasteiger charge is -2.29. The summed E-state index contributed by atoms with van der Waals surface area (Å²) in [5.41, 5.74) is 6.38. The zero-order valence-electron chi connectivity index (χ0n) is 17.5. The van der Waals surface area contributed by atoms with Crippen molar-refractivity contribution in [3.8, 4) is 11.5 Å². The normalized spacial score (nSPS) is 12.5. The number of unbranched alkanes of at least 4 members (excludes halogenated alkanes) is 2. The summed E-state index contributed by atoms with van der Waals surface area (Å²) in [5, 5.41) is 0. The van der Waals surface area contributed by atoms with Gasteiger partial charge in [0.25, 0.3) is 0 Å². The average molecular weight is 378 g/mol. The third kappa shape index (κ3) is 8.60. The van der Waals surface area contributed by atoms with Crippen LogP contribution >= 0.6 is 0 Å². The fraction of sp³-hybridized carbons (Fsp3) is 0.440. The van der Waals surface area contributed by atoms with Crippen molar-refractivity contribution in [1.29, 1.82) is 0 Å². The molecule has 0 aromatic heterocycles. The highest BCUT2D eigenvalue weighted by atomic mass is 28.3. The van der Waals surface area contributed by atoms with Gasteiger partial charge in [-0.2, -0.15) is 0 Å². The van der Waals surface area contributed by atoms with Crippen LogP contribution in [0, 0.1) is 11.5 Å². The molecule has 0 aliphatic rings. The highest BCUT2D eigenvalue weighted by Crippen LogP contribution is 2.18.